The lowest BCUT2D eigenvalue weighted by Crippen LogP contribution is -2.39. The molecule has 0 saturated carbocycles. The largest absolute Gasteiger partial charge is 0.497 e. The molecule has 1 aromatic carbocycles. The number of piperidine rings is 1. The second kappa shape index (κ2) is 14.2. The monoisotopic (exact) mass is 489 g/mol. The Balaban J connectivity index is 1.45. The topological polar surface area (TPSA) is 79.8 Å². The number of aromatic nitrogens is 2. The number of likely N-dealkylation sites (tertiary alicyclic amines) is 1. The maximum atomic E-state index is 12.4. The zero-order valence-electron chi connectivity index (χ0n) is 20.8. The summed E-state index contributed by atoms with van der Waals surface area (Å²) in [6.07, 6.45) is 5.98. The molecule has 3 rings (SSSR count). The Morgan fingerprint density at radius 3 is 2.97 bits per heavy atom. The zero-order valence-corrected chi connectivity index (χ0v) is 21.6. The summed E-state index contributed by atoms with van der Waals surface area (Å²) in [5.74, 6) is 1.67. The fourth-order valence-corrected chi connectivity index (χ4v) is 4.98. The number of amides is 1. The van der Waals surface area contributed by atoms with Gasteiger partial charge in [-0.3, -0.25) is 4.79 Å². The van der Waals surface area contributed by atoms with Gasteiger partial charge in [0.05, 0.1) is 13.7 Å². The number of rotatable bonds is 14. The number of nitrogens with zero attached hydrogens (tertiary/aromatic N) is 4. The van der Waals surface area contributed by atoms with E-state index in [1.165, 1.54) is 37.3 Å². The summed E-state index contributed by atoms with van der Waals surface area (Å²) in [5.41, 5.74) is 1.10. The third kappa shape index (κ3) is 8.52. The molecule has 34 heavy (non-hydrogen) atoms. The molecule has 1 aliphatic rings. The summed E-state index contributed by atoms with van der Waals surface area (Å²) in [6.45, 7) is 7.11. The second-order valence-corrected chi connectivity index (χ2v) is 9.57. The highest BCUT2D eigenvalue weighted by Crippen LogP contribution is 2.21. The van der Waals surface area contributed by atoms with Crippen molar-refractivity contribution < 1.29 is 14.3 Å². The van der Waals surface area contributed by atoms with Gasteiger partial charge in [0.15, 0.2) is 0 Å². The minimum absolute atomic E-state index is 0.0789. The van der Waals surface area contributed by atoms with Gasteiger partial charge in [0, 0.05) is 63.7 Å². The van der Waals surface area contributed by atoms with Crippen LogP contribution in [0.4, 0.5) is 5.13 Å². The van der Waals surface area contributed by atoms with Crippen molar-refractivity contribution in [1.29, 1.82) is 0 Å². The Morgan fingerprint density at radius 1 is 1.29 bits per heavy atom. The Kier molecular flexibility index (Phi) is 11.0. The van der Waals surface area contributed by atoms with Gasteiger partial charge < -0.3 is 24.6 Å². The van der Waals surface area contributed by atoms with E-state index in [9.17, 15) is 4.79 Å². The van der Waals surface area contributed by atoms with Crippen LogP contribution in [0, 0.1) is 0 Å². The van der Waals surface area contributed by atoms with Gasteiger partial charge in [-0.2, -0.15) is 4.37 Å². The first kappa shape index (κ1) is 26.4. The van der Waals surface area contributed by atoms with E-state index < -0.39 is 0 Å². The van der Waals surface area contributed by atoms with Crippen LogP contribution in [-0.2, 0) is 16.0 Å². The maximum Gasteiger partial charge on any atom is 0.221 e. The quantitative estimate of drug-likeness (QED) is 0.408. The number of hydrogen-bond donors (Lipinski definition) is 1. The summed E-state index contributed by atoms with van der Waals surface area (Å²) < 4.78 is 15.1. The van der Waals surface area contributed by atoms with Crippen LogP contribution in [0.5, 0.6) is 5.75 Å². The van der Waals surface area contributed by atoms with Crippen molar-refractivity contribution >= 4 is 22.6 Å². The SMILES string of the molecule is COCCN(CCC(=O)NCCCN1CCCCC1C)c1nc(Cc2cccc(OC)c2)ns1. The molecule has 1 fully saturated rings. The second-order valence-electron chi connectivity index (χ2n) is 8.84. The first-order valence-electron chi connectivity index (χ1n) is 12.3. The summed E-state index contributed by atoms with van der Waals surface area (Å²) in [7, 11) is 3.35. The summed E-state index contributed by atoms with van der Waals surface area (Å²) in [4.78, 5) is 21.8. The lowest BCUT2D eigenvalue weighted by atomic mass is 10.0. The first-order valence-corrected chi connectivity index (χ1v) is 13.1. The number of ether oxygens (including phenoxy) is 2. The van der Waals surface area contributed by atoms with Crippen LogP contribution >= 0.6 is 11.5 Å². The van der Waals surface area contributed by atoms with Crippen LogP contribution in [0.3, 0.4) is 0 Å². The molecule has 8 nitrogen and oxygen atoms in total. The highest BCUT2D eigenvalue weighted by Gasteiger charge is 2.18. The van der Waals surface area contributed by atoms with Gasteiger partial charge in [-0.1, -0.05) is 18.6 Å². The van der Waals surface area contributed by atoms with Gasteiger partial charge in [0.25, 0.3) is 0 Å². The van der Waals surface area contributed by atoms with Crippen LogP contribution in [0.2, 0.25) is 0 Å². The third-order valence-corrected chi connectivity index (χ3v) is 7.10. The van der Waals surface area contributed by atoms with Crippen molar-refractivity contribution in [1.82, 2.24) is 19.6 Å². The van der Waals surface area contributed by atoms with Gasteiger partial charge in [-0.05, 0) is 50.4 Å². The highest BCUT2D eigenvalue weighted by atomic mass is 32.1. The molecule has 0 aliphatic carbocycles. The summed E-state index contributed by atoms with van der Waals surface area (Å²) in [6, 6.07) is 8.61. The molecule has 0 bridgehead atoms. The highest BCUT2D eigenvalue weighted by molar-refractivity contribution is 7.09. The number of benzene rings is 1. The minimum atomic E-state index is 0.0789. The van der Waals surface area contributed by atoms with E-state index in [4.69, 9.17) is 14.5 Å². The van der Waals surface area contributed by atoms with Gasteiger partial charge in [-0.25, -0.2) is 4.98 Å². The van der Waals surface area contributed by atoms with Crippen LogP contribution in [0.15, 0.2) is 24.3 Å². The number of carbonyl (C=O) groups excluding carboxylic acids is 1. The molecule has 1 amide bonds. The smallest absolute Gasteiger partial charge is 0.221 e. The van der Waals surface area contributed by atoms with Crippen LogP contribution in [0.25, 0.3) is 0 Å². The Bertz CT molecular complexity index is 878. The van der Waals surface area contributed by atoms with E-state index in [-0.39, 0.29) is 5.91 Å². The normalized spacial score (nSPS) is 16.4. The molecule has 1 N–H and O–H groups in total. The summed E-state index contributed by atoms with van der Waals surface area (Å²) in [5, 5.41) is 3.90. The molecule has 2 heterocycles. The lowest BCUT2D eigenvalue weighted by molar-refractivity contribution is -0.120. The molecule has 0 spiro atoms. The molecule has 9 heteroatoms. The molecule has 0 radical (unpaired) electrons. The molecular formula is C25H39N5O3S. The van der Waals surface area contributed by atoms with E-state index in [1.54, 1.807) is 14.2 Å². The summed E-state index contributed by atoms with van der Waals surface area (Å²) >= 11 is 1.37. The minimum Gasteiger partial charge on any atom is -0.497 e. The predicted octanol–water partition coefficient (Wildman–Crippen LogP) is 3.36. The van der Waals surface area contributed by atoms with Crippen molar-refractivity contribution in [3.05, 3.63) is 35.7 Å². The molecule has 188 valence electrons. The van der Waals surface area contributed by atoms with Crippen molar-refractivity contribution in [2.45, 2.75) is 51.5 Å². The van der Waals surface area contributed by atoms with Crippen LogP contribution < -0.4 is 15.0 Å². The zero-order chi connectivity index (χ0) is 24.2. The van der Waals surface area contributed by atoms with E-state index in [0.29, 0.717) is 38.6 Å². The maximum absolute atomic E-state index is 12.4. The molecule has 1 aliphatic heterocycles. The molecule has 2 aromatic rings. The van der Waals surface area contributed by atoms with Crippen LogP contribution in [-0.4, -0.2) is 79.8 Å². The molecular weight excluding hydrogens is 450 g/mol. The van der Waals surface area contributed by atoms with Crippen molar-refractivity contribution in [3.63, 3.8) is 0 Å². The third-order valence-electron chi connectivity index (χ3n) is 6.28. The van der Waals surface area contributed by atoms with E-state index in [0.717, 1.165) is 41.8 Å². The lowest BCUT2D eigenvalue weighted by Gasteiger charge is -2.33. The van der Waals surface area contributed by atoms with Crippen molar-refractivity contribution in [2.75, 3.05) is 58.5 Å². The number of hydrogen-bond acceptors (Lipinski definition) is 8. The van der Waals surface area contributed by atoms with Crippen molar-refractivity contribution in [3.8, 4) is 5.75 Å². The molecule has 1 aromatic heterocycles. The van der Waals surface area contributed by atoms with Gasteiger partial charge >= 0.3 is 0 Å². The number of anilines is 1. The number of carbonyl (C=O) groups is 1. The average Bonchev–Trinajstić information content (AvgIpc) is 3.31. The van der Waals surface area contributed by atoms with Crippen LogP contribution in [0.1, 0.15) is 50.4 Å². The number of methoxy groups -OCH3 is 2. The van der Waals surface area contributed by atoms with Crippen molar-refractivity contribution in [2.24, 2.45) is 0 Å². The molecule has 1 atom stereocenters. The fraction of sp³-hybridized carbons (Fsp3) is 0.640. The van der Waals surface area contributed by atoms with E-state index in [2.05, 4.69) is 26.4 Å². The molecule has 1 saturated heterocycles. The fourth-order valence-electron chi connectivity index (χ4n) is 4.24. The molecule has 1 unspecified atom stereocenters. The first-order chi connectivity index (χ1) is 16.6. The van der Waals surface area contributed by atoms with Gasteiger partial charge in [0.2, 0.25) is 11.0 Å². The van der Waals surface area contributed by atoms with Gasteiger partial charge in [-0.15, -0.1) is 0 Å². The average molecular weight is 490 g/mol. The van der Waals surface area contributed by atoms with E-state index in [1.807, 2.05) is 24.3 Å². The Morgan fingerprint density at radius 2 is 2.18 bits per heavy atom. The number of nitrogens with one attached hydrogen (secondary N) is 1. The Labute approximate surface area is 207 Å². The Hall–Kier alpha value is -2.23. The predicted molar refractivity (Wildman–Crippen MR) is 137 cm³/mol. The van der Waals surface area contributed by atoms with E-state index >= 15 is 0 Å². The standard InChI is InChI=1S/C25H39N5O3S/c1-20-8-4-5-13-29(20)14-7-12-26-24(31)11-15-30(16-17-32-2)25-27-23(28-34-25)19-21-9-6-10-22(18-21)33-3/h6,9-10,18,20H,4-5,7-8,11-17,19H2,1-3H3,(H,26,31). The van der Waals surface area contributed by atoms with Gasteiger partial charge in [0.1, 0.15) is 11.6 Å².